The van der Waals surface area contributed by atoms with Gasteiger partial charge in [0.2, 0.25) is 0 Å². The summed E-state index contributed by atoms with van der Waals surface area (Å²) in [6.45, 7) is 2.15. The van der Waals surface area contributed by atoms with Gasteiger partial charge in [-0.15, -0.1) is 0 Å². The van der Waals surface area contributed by atoms with Crippen molar-refractivity contribution in [3.05, 3.63) is 33.4 Å². The molecule has 0 amide bonds. The van der Waals surface area contributed by atoms with E-state index in [9.17, 15) is 0 Å². The summed E-state index contributed by atoms with van der Waals surface area (Å²) in [5, 5.41) is 0. The fourth-order valence-electron chi connectivity index (χ4n) is 1.03. The summed E-state index contributed by atoms with van der Waals surface area (Å²) < 4.78 is 5.02. The molecule has 1 aliphatic heterocycles. The summed E-state index contributed by atoms with van der Waals surface area (Å²) in [6, 6.07) is 0. The molecule has 2 rings (SSSR count). The van der Waals surface area contributed by atoms with Crippen molar-refractivity contribution in [2.45, 2.75) is 6.92 Å². The van der Waals surface area contributed by atoms with Crippen molar-refractivity contribution in [3.8, 4) is 0 Å². The molecular formula is C8H6Sb. The van der Waals surface area contributed by atoms with Crippen LogP contribution in [0, 0.1) is 4.02 Å². The summed E-state index contributed by atoms with van der Waals surface area (Å²) in [6.07, 6.45) is 6.57. The number of hydrogen-bond acceptors (Lipinski definition) is 0. The molecule has 2 aliphatic rings. The summed E-state index contributed by atoms with van der Waals surface area (Å²) in [4.78, 5) is 0. The first-order chi connectivity index (χ1) is 4.38. The second-order valence-corrected chi connectivity index (χ2v) is 4.82. The van der Waals surface area contributed by atoms with Crippen molar-refractivity contribution in [1.82, 2.24) is 0 Å². The summed E-state index contributed by atoms with van der Waals surface area (Å²) >= 11 is -0.191. The topological polar surface area (TPSA) is 0 Å². The van der Waals surface area contributed by atoms with Crippen LogP contribution in [0.15, 0.2) is 29.4 Å². The quantitative estimate of drug-likeness (QED) is 0.540. The van der Waals surface area contributed by atoms with Gasteiger partial charge < -0.3 is 0 Å². The Morgan fingerprint density at radius 1 is 1.56 bits per heavy atom. The fraction of sp³-hybridized carbons (Fsp3) is 0.125. The van der Waals surface area contributed by atoms with Crippen molar-refractivity contribution < 1.29 is 0 Å². The molecule has 0 nitrogen and oxygen atoms in total. The van der Waals surface area contributed by atoms with E-state index in [1.54, 1.807) is 3.45 Å². The van der Waals surface area contributed by atoms with Crippen molar-refractivity contribution in [1.29, 1.82) is 0 Å². The van der Waals surface area contributed by atoms with E-state index in [1.165, 1.54) is 11.1 Å². The van der Waals surface area contributed by atoms with Gasteiger partial charge in [-0.3, -0.25) is 0 Å². The third kappa shape index (κ3) is 0.772. The standard InChI is InChI=1S/C8H6.Sb/c1-7(2)8-5-3-4-6-8;/h3-5H,1H3;. The fourth-order valence-corrected chi connectivity index (χ4v) is 3.69. The predicted molar refractivity (Wildman–Crippen MR) is 40.4 cm³/mol. The van der Waals surface area contributed by atoms with E-state index in [0.29, 0.717) is 0 Å². The zero-order valence-electron chi connectivity index (χ0n) is 5.18. The van der Waals surface area contributed by atoms with Gasteiger partial charge in [-0.05, 0) is 0 Å². The normalized spacial score (nSPS) is 21.2. The van der Waals surface area contributed by atoms with Crippen LogP contribution < -0.4 is 0 Å². The molecule has 1 aliphatic carbocycles. The van der Waals surface area contributed by atoms with Crippen LogP contribution in [0.1, 0.15) is 6.92 Å². The van der Waals surface area contributed by atoms with Gasteiger partial charge in [-0.2, -0.15) is 0 Å². The average molecular weight is 224 g/mol. The molecular weight excluding hydrogens is 218 g/mol. The number of rotatable bonds is 0. The Hall–Kier alpha value is -0.0918. The SMILES string of the molecule is CC1=[C][Sb]=[C]2C=CC=C12. The summed E-state index contributed by atoms with van der Waals surface area (Å²) in [5.41, 5.74) is 2.85. The van der Waals surface area contributed by atoms with E-state index in [2.05, 4.69) is 29.2 Å². The number of fused-ring (bicyclic) bond motifs is 1. The van der Waals surface area contributed by atoms with Crippen LogP contribution in [0.5, 0.6) is 0 Å². The first kappa shape index (κ1) is 5.67. The van der Waals surface area contributed by atoms with E-state index in [1.807, 2.05) is 0 Å². The van der Waals surface area contributed by atoms with Gasteiger partial charge in [0.15, 0.2) is 0 Å². The zero-order valence-corrected chi connectivity index (χ0v) is 7.73. The van der Waals surface area contributed by atoms with Gasteiger partial charge >= 0.3 is 64.9 Å². The second kappa shape index (κ2) is 1.95. The van der Waals surface area contributed by atoms with Gasteiger partial charge in [0, 0.05) is 0 Å². The Bertz CT molecular complexity index is 264. The van der Waals surface area contributed by atoms with Gasteiger partial charge in [-0.1, -0.05) is 0 Å². The monoisotopic (exact) mass is 223 g/mol. The van der Waals surface area contributed by atoms with Crippen LogP contribution in [-0.4, -0.2) is 24.6 Å². The summed E-state index contributed by atoms with van der Waals surface area (Å²) in [7, 11) is 0. The molecule has 0 N–H and O–H groups in total. The first-order valence-electron chi connectivity index (χ1n) is 2.94. The van der Waals surface area contributed by atoms with Crippen LogP contribution in [0.3, 0.4) is 0 Å². The first-order valence-corrected chi connectivity index (χ1v) is 5.49. The van der Waals surface area contributed by atoms with E-state index in [-0.39, 0.29) is 21.1 Å². The van der Waals surface area contributed by atoms with Gasteiger partial charge in [-0.25, -0.2) is 0 Å². The van der Waals surface area contributed by atoms with E-state index in [4.69, 9.17) is 0 Å². The van der Waals surface area contributed by atoms with Crippen molar-refractivity contribution >= 4 is 24.6 Å². The third-order valence-electron chi connectivity index (χ3n) is 1.54. The Morgan fingerprint density at radius 2 is 2.44 bits per heavy atom. The molecule has 0 bridgehead atoms. The Labute approximate surface area is 65.0 Å². The molecule has 0 saturated carbocycles. The molecule has 0 fully saturated rings. The molecule has 1 heterocycles. The minimum atomic E-state index is -0.191. The molecule has 0 unspecified atom stereocenters. The minimum absolute atomic E-state index is 0.191. The van der Waals surface area contributed by atoms with Crippen LogP contribution >= 0.6 is 0 Å². The van der Waals surface area contributed by atoms with Gasteiger partial charge in [0.05, 0.1) is 0 Å². The van der Waals surface area contributed by atoms with Crippen molar-refractivity contribution in [3.63, 3.8) is 0 Å². The van der Waals surface area contributed by atoms with Crippen LogP contribution in [0.25, 0.3) is 0 Å². The molecule has 0 aromatic carbocycles. The Balaban J connectivity index is 2.53. The molecule has 0 spiro atoms. The molecule has 1 radical (unpaired) electrons. The average Bonchev–Trinajstić information content (AvgIpc) is 2.35. The van der Waals surface area contributed by atoms with E-state index < -0.39 is 0 Å². The molecule has 0 aromatic rings. The molecule has 9 heavy (non-hydrogen) atoms. The van der Waals surface area contributed by atoms with Crippen molar-refractivity contribution in [2.75, 3.05) is 0 Å². The maximum absolute atomic E-state index is 3.43. The molecule has 0 saturated heterocycles. The van der Waals surface area contributed by atoms with E-state index in [0.717, 1.165) is 0 Å². The predicted octanol–water partition coefficient (Wildman–Crippen LogP) is 1.08. The van der Waals surface area contributed by atoms with Crippen LogP contribution in [0.2, 0.25) is 0 Å². The number of allylic oxidation sites excluding steroid dienone is 5. The molecule has 43 valence electrons. The van der Waals surface area contributed by atoms with Crippen LogP contribution in [0.4, 0.5) is 0 Å². The molecule has 0 aromatic heterocycles. The van der Waals surface area contributed by atoms with Crippen molar-refractivity contribution in [2.24, 2.45) is 0 Å². The second-order valence-electron chi connectivity index (χ2n) is 2.17. The summed E-state index contributed by atoms with van der Waals surface area (Å²) in [5.74, 6) is 0. The van der Waals surface area contributed by atoms with Gasteiger partial charge in [0.1, 0.15) is 0 Å². The van der Waals surface area contributed by atoms with E-state index >= 15 is 0 Å². The number of hydrogen-bond donors (Lipinski definition) is 0. The van der Waals surface area contributed by atoms with Crippen LogP contribution in [-0.2, 0) is 0 Å². The Kier molecular flexibility index (Phi) is 1.23. The molecule has 1 heteroatoms. The Morgan fingerprint density at radius 3 is 3.22 bits per heavy atom. The zero-order chi connectivity index (χ0) is 6.27. The third-order valence-corrected chi connectivity index (χ3v) is 4.62. The molecule has 0 atom stereocenters. The maximum atomic E-state index is 3.43. The van der Waals surface area contributed by atoms with Gasteiger partial charge in [0.25, 0.3) is 0 Å².